The lowest BCUT2D eigenvalue weighted by Gasteiger charge is -2.10. The van der Waals surface area contributed by atoms with Crippen LogP contribution in [0.2, 0.25) is 0 Å². The van der Waals surface area contributed by atoms with Gasteiger partial charge in [-0.3, -0.25) is 14.0 Å². The minimum Gasteiger partial charge on any atom is -0.352 e. The second-order valence-corrected chi connectivity index (χ2v) is 5.27. The molecule has 0 saturated carbocycles. The van der Waals surface area contributed by atoms with Gasteiger partial charge in [-0.15, -0.1) is 22.5 Å². The zero-order valence-electron chi connectivity index (χ0n) is 12.7. The monoisotopic (exact) mass is 312 g/mol. The predicted molar refractivity (Wildman–Crippen MR) is 80.7 cm³/mol. The van der Waals surface area contributed by atoms with Crippen molar-refractivity contribution in [3.63, 3.8) is 0 Å². The Kier molecular flexibility index (Phi) is 3.89. The summed E-state index contributed by atoms with van der Waals surface area (Å²) >= 11 is 0. The van der Waals surface area contributed by atoms with Crippen LogP contribution in [0.25, 0.3) is 5.82 Å². The van der Waals surface area contributed by atoms with E-state index in [-0.39, 0.29) is 5.91 Å². The molecule has 0 spiro atoms. The fourth-order valence-electron chi connectivity index (χ4n) is 2.35. The first-order valence-corrected chi connectivity index (χ1v) is 7.18. The lowest BCUT2D eigenvalue weighted by atomic mass is 10.0. The van der Waals surface area contributed by atoms with Gasteiger partial charge in [-0.05, 0) is 0 Å². The first kappa shape index (κ1) is 14.9. The van der Waals surface area contributed by atoms with E-state index in [1.54, 1.807) is 16.3 Å². The van der Waals surface area contributed by atoms with Gasteiger partial charge in [-0.1, -0.05) is 0 Å². The number of rotatable bonds is 7. The molecule has 118 valence electrons. The molecular formula is C14H16N8O. The maximum atomic E-state index is 12.4. The van der Waals surface area contributed by atoms with Crippen LogP contribution in [0.3, 0.4) is 0 Å². The Bertz CT molecular complexity index is 761. The van der Waals surface area contributed by atoms with E-state index in [2.05, 4.69) is 36.8 Å². The molecule has 1 aliphatic rings. The molecule has 1 N–H and O–H groups in total. The van der Waals surface area contributed by atoms with Crippen molar-refractivity contribution in [3.05, 3.63) is 24.4 Å². The molecule has 2 aromatic rings. The molecule has 0 fully saturated rings. The summed E-state index contributed by atoms with van der Waals surface area (Å²) in [5.74, 6) is 2.98. The number of carbonyl (C=O) groups is 1. The molecule has 0 bridgehead atoms. The van der Waals surface area contributed by atoms with Gasteiger partial charge >= 0.3 is 0 Å². The van der Waals surface area contributed by atoms with Gasteiger partial charge in [0.2, 0.25) is 0 Å². The van der Waals surface area contributed by atoms with Crippen LogP contribution in [0, 0.1) is 12.3 Å². The first-order chi connectivity index (χ1) is 11.2. The number of nitrogens with zero attached hydrogens (tertiary/aromatic N) is 7. The highest BCUT2D eigenvalue weighted by Gasteiger charge is 2.38. The third-order valence-electron chi connectivity index (χ3n) is 3.68. The molecule has 0 aliphatic carbocycles. The zero-order valence-corrected chi connectivity index (χ0v) is 12.7. The van der Waals surface area contributed by atoms with Crippen LogP contribution in [0.15, 0.2) is 29.1 Å². The fraction of sp³-hybridized carbons (Fsp3) is 0.429. The highest BCUT2D eigenvalue weighted by molar-refractivity contribution is 5.97. The number of hydrogen-bond donors (Lipinski definition) is 1. The molecule has 0 aromatic carbocycles. The summed E-state index contributed by atoms with van der Waals surface area (Å²) in [7, 11) is 1.75. The average molecular weight is 312 g/mol. The van der Waals surface area contributed by atoms with Gasteiger partial charge in [0.25, 0.3) is 5.91 Å². The number of hydrogen-bond acceptors (Lipinski definition) is 6. The Morgan fingerprint density at radius 1 is 1.35 bits per heavy atom. The number of carbonyl (C=O) groups excluding carboxylic acids is 1. The summed E-state index contributed by atoms with van der Waals surface area (Å²) < 4.78 is 3.24. The van der Waals surface area contributed by atoms with E-state index in [0.717, 1.165) is 6.42 Å². The summed E-state index contributed by atoms with van der Waals surface area (Å²) in [5.41, 5.74) is 0.0562. The highest BCUT2D eigenvalue weighted by Crippen LogP contribution is 2.36. The van der Waals surface area contributed by atoms with Crippen LogP contribution in [-0.2, 0) is 7.05 Å². The summed E-state index contributed by atoms with van der Waals surface area (Å²) in [6.45, 7) is 0.465. The van der Waals surface area contributed by atoms with Gasteiger partial charge in [0.15, 0.2) is 5.66 Å². The van der Waals surface area contributed by atoms with Crippen molar-refractivity contribution in [2.75, 3.05) is 6.54 Å². The molecule has 1 aliphatic heterocycles. The third-order valence-corrected chi connectivity index (χ3v) is 3.68. The number of terminal acetylenes is 1. The predicted octanol–water partition coefficient (Wildman–Crippen LogP) is 0.696. The topological polar surface area (TPSA) is 102 Å². The quantitative estimate of drug-likeness (QED) is 0.760. The maximum absolute atomic E-state index is 12.4. The maximum Gasteiger partial charge on any atom is 0.256 e. The molecule has 9 heteroatoms. The Labute approximate surface area is 132 Å². The molecule has 2 aromatic heterocycles. The van der Waals surface area contributed by atoms with Gasteiger partial charge in [-0.25, -0.2) is 0 Å². The Balaban J connectivity index is 1.61. The van der Waals surface area contributed by atoms with Gasteiger partial charge < -0.3 is 5.32 Å². The number of amides is 1. The number of aryl methyl sites for hydroxylation is 1. The normalized spacial score (nSPS) is 14.4. The Morgan fingerprint density at radius 2 is 2.09 bits per heavy atom. The van der Waals surface area contributed by atoms with Crippen molar-refractivity contribution in [2.24, 2.45) is 17.3 Å². The standard InChI is InChI=1S/C14H16N8O/c1-3-4-5-14(19-20-14)6-7-15-12(23)11-8-18-21(2)13(11)22-9-16-17-10-22/h1,8-10H,4-7H2,2H3,(H,15,23). The molecule has 3 rings (SSSR count). The lowest BCUT2D eigenvalue weighted by Crippen LogP contribution is -2.29. The van der Waals surface area contributed by atoms with Crippen LogP contribution in [0.5, 0.6) is 0 Å². The minimum absolute atomic E-state index is 0.213. The van der Waals surface area contributed by atoms with Gasteiger partial charge in [-0.2, -0.15) is 15.3 Å². The fourth-order valence-corrected chi connectivity index (χ4v) is 2.35. The molecule has 23 heavy (non-hydrogen) atoms. The van der Waals surface area contributed by atoms with Crippen molar-refractivity contribution in [3.8, 4) is 18.2 Å². The van der Waals surface area contributed by atoms with E-state index in [1.807, 2.05) is 0 Å². The molecule has 0 atom stereocenters. The SMILES string of the molecule is C#CCCC1(CCNC(=O)c2cnn(C)c2-n2cnnc2)N=N1. The van der Waals surface area contributed by atoms with Crippen molar-refractivity contribution in [2.45, 2.75) is 24.9 Å². The molecule has 9 nitrogen and oxygen atoms in total. The molecular weight excluding hydrogens is 296 g/mol. The highest BCUT2D eigenvalue weighted by atomic mass is 16.1. The molecule has 0 radical (unpaired) electrons. The van der Waals surface area contributed by atoms with E-state index in [0.29, 0.717) is 30.8 Å². The van der Waals surface area contributed by atoms with Crippen molar-refractivity contribution in [1.29, 1.82) is 0 Å². The zero-order chi connectivity index (χ0) is 16.3. The summed E-state index contributed by atoms with van der Waals surface area (Å²) in [6, 6.07) is 0. The smallest absolute Gasteiger partial charge is 0.256 e. The van der Waals surface area contributed by atoms with Gasteiger partial charge in [0, 0.05) is 32.9 Å². The second kappa shape index (κ2) is 6.00. The second-order valence-electron chi connectivity index (χ2n) is 5.27. The lowest BCUT2D eigenvalue weighted by molar-refractivity contribution is 0.0952. The van der Waals surface area contributed by atoms with Gasteiger partial charge in [0.1, 0.15) is 24.0 Å². The van der Waals surface area contributed by atoms with Crippen molar-refractivity contribution < 1.29 is 4.79 Å². The van der Waals surface area contributed by atoms with E-state index in [4.69, 9.17) is 6.42 Å². The van der Waals surface area contributed by atoms with Crippen molar-refractivity contribution in [1.82, 2.24) is 29.9 Å². The summed E-state index contributed by atoms with van der Waals surface area (Å²) in [6.07, 6.45) is 11.8. The third kappa shape index (κ3) is 3.11. The van der Waals surface area contributed by atoms with Crippen LogP contribution in [0.1, 0.15) is 29.6 Å². The average Bonchev–Trinajstić information content (AvgIpc) is 2.95. The van der Waals surface area contributed by atoms with Crippen molar-refractivity contribution >= 4 is 5.91 Å². The van der Waals surface area contributed by atoms with E-state index in [1.165, 1.54) is 18.9 Å². The summed E-state index contributed by atoms with van der Waals surface area (Å²) in [4.78, 5) is 12.4. The van der Waals surface area contributed by atoms with Crippen LogP contribution in [-0.4, -0.2) is 42.7 Å². The molecule has 1 amide bonds. The molecule has 0 unspecified atom stereocenters. The summed E-state index contributed by atoms with van der Waals surface area (Å²) in [5, 5.41) is 22.6. The minimum atomic E-state index is -0.397. The number of aromatic nitrogens is 5. The van der Waals surface area contributed by atoms with Crippen LogP contribution < -0.4 is 5.32 Å². The Hall–Kier alpha value is -3.02. The Morgan fingerprint density at radius 3 is 2.74 bits per heavy atom. The van der Waals surface area contributed by atoms with E-state index < -0.39 is 5.66 Å². The largest absolute Gasteiger partial charge is 0.352 e. The van der Waals surface area contributed by atoms with E-state index >= 15 is 0 Å². The van der Waals surface area contributed by atoms with E-state index in [9.17, 15) is 4.79 Å². The van der Waals surface area contributed by atoms with Gasteiger partial charge in [0.05, 0.1) is 6.20 Å². The molecule has 3 heterocycles. The molecule has 0 saturated heterocycles. The van der Waals surface area contributed by atoms with Crippen LogP contribution >= 0.6 is 0 Å². The van der Waals surface area contributed by atoms with Crippen LogP contribution in [0.4, 0.5) is 0 Å². The first-order valence-electron chi connectivity index (χ1n) is 7.18. The number of nitrogens with one attached hydrogen (secondary N) is 1.